The molecule has 0 aliphatic rings. The van der Waals surface area contributed by atoms with Gasteiger partial charge in [0.15, 0.2) is 0 Å². The van der Waals surface area contributed by atoms with Crippen LogP contribution >= 0.6 is 27.5 Å². The van der Waals surface area contributed by atoms with Crippen LogP contribution in [0.1, 0.15) is 6.92 Å². The molecule has 0 bridgehead atoms. The number of hydrogen-bond donors (Lipinski definition) is 0. The topological polar surface area (TPSA) is 12.4 Å². The van der Waals surface area contributed by atoms with Gasteiger partial charge in [-0.3, -0.25) is 4.99 Å². The van der Waals surface area contributed by atoms with Crippen molar-refractivity contribution in [3.63, 3.8) is 0 Å². The first-order valence-corrected chi connectivity index (χ1v) is 3.24. The lowest BCUT2D eigenvalue weighted by atomic mass is 10.5. The van der Waals surface area contributed by atoms with Crippen molar-refractivity contribution >= 4 is 32.7 Å². The predicted molar refractivity (Wildman–Crippen MR) is 37.6 cm³/mol. The van der Waals surface area contributed by atoms with Crippen LogP contribution < -0.4 is 0 Å². The van der Waals surface area contributed by atoms with Crippen LogP contribution in [-0.2, 0) is 0 Å². The highest BCUT2D eigenvalue weighted by Gasteiger charge is 1.97. The molecular formula is C4H7BrClN. The summed E-state index contributed by atoms with van der Waals surface area (Å²) < 4.78 is 0. The van der Waals surface area contributed by atoms with E-state index in [9.17, 15) is 0 Å². The van der Waals surface area contributed by atoms with Crippen molar-refractivity contribution in [1.29, 1.82) is 0 Å². The van der Waals surface area contributed by atoms with E-state index in [4.69, 9.17) is 11.6 Å². The third kappa shape index (κ3) is 3.06. The second-order valence-electron chi connectivity index (χ2n) is 1.16. The molecule has 3 heteroatoms. The lowest BCUT2D eigenvalue weighted by Crippen LogP contribution is -1.99. The van der Waals surface area contributed by atoms with Gasteiger partial charge in [0.2, 0.25) is 0 Å². The van der Waals surface area contributed by atoms with E-state index in [1.807, 2.05) is 6.92 Å². The maximum Gasteiger partial charge on any atom is 0.113 e. The number of nitrogens with zero attached hydrogens (tertiary/aromatic N) is 1. The molecule has 0 aromatic heterocycles. The fourth-order valence-electron chi connectivity index (χ4n) is 0.178. The maximum atomic E-state index is 5.50. The van der Waals surface area contributed by atoms with Gasteiger partial charge in [0.1, 0.15) is 5.17 Å². The average Bonchev–Trinajstić information content (AvgIpc) is 1.65. The van der Waals surface area contributed by atoms with Crippen molar-refractivity contribution in [1.82, 2.24) is 0 Å². The molecule has 0 aliphatic heterocycles. The van der Waals surface area contributed by atoms with Gasteiger partial charge < -0.3 is 0 Å². The van der Waals surface area contributed by atoms with E-state index in [2.05, 4.69) is 20.9 Å². The van der Waals surface area contributed by atoms with E-state index in [0.29, 0.717) is 5.17 Å². The Hall–Kier alpha value is 0.440. The highest BCUT2D eigenvalue weighted by molar-refractivity contribution is 9.10. The molecule has 42 valence electrons. The predicted octanol–water partition coefficient (Wildman–Crippen LogP) is 2.04. The average molecular weight is 184 g/mol. The summed E-state index contributed by atoms with van der Waals surface area (Å²) in [5.74, 6) is 0. The first-order valence-electron chi connectivity index (χ1n) is 1.94. The molecule has 0 saturated carbocycles. The van der Waals surface area contributed by atoms with Gasteiger partial charge in [-0.15, -0.1) is 0 Å². The SMILES string of the molecule is CN=C(Cl)C(C)Br. The molecule has 1 unspecified atom stereocenters. The summed E-state index contributed by atoms with van der Waals surface area (Å²) in [5, 5.41) is 0.611. The minimum absolute atomic E-state index is 0.194. The summed E-state index contributed by atoms with van der Waals surface area (Å²) in [4.78, 5) is 3.92. The van der Waals surface area contributed by atoms with Gasteiger partial charge in [-0.05, 0) is 6.92 Å². The van der Waals surface area contributed by atoms with Crippen LogP contribution in [0.25, 0.3) is 0 Å². The Kier molecular flexibility index (Phi) is 3.66. The van der Waals surface area contributed by atoms with Crippen LogP contribution in [0.2, 0.25) is 0 Å². The van der Waals surface area contributed by atoms with E-state index in [1.54, 1.807) is 7.05 Å². The summed E-state index contributed by atoms with van der Waals surface area (Å²) in [6, 6.07) is 0. The molecule has 7 heavy (non-hydrogen) atoms. The van der Waals surface area contributed by atoms with Crippen molar-refractivity contribution in [2.75, 3.05) is 7.05 Å². The second kappa shape index (κ2) is 3.44. The van der Waals surface area contributed by atoms with Gasteiger partial charge in [-0.2, -0.15) is 0 Å². The summed E-state index contributed by atoms with van der Waals surface area (Å²) in [7, 11) is 1.67. The standard InChI is InChI=1S/C4H7BrClN/c1-3(5)4(6)7-2/h3H,1-2H3. The number of alkyl halides is 1. The van der Waals surface area contributed by atoms with Crippen molar-refractivity contribution in [2.24, 2.45) is 4.99 Å². The Bertz CT molecular complexity index is 79.8. The molecule has 1 atom stereocenters. The monoisotopic (exact) mass is 183 g/mol. The zero-order valence-electron chi connectivity index (χ0n) is 4.28. The van der Waals surface area contributed by atoms with Crippen molar-refractivity contribution < 1.29 is 0 Å². The van der Waals surface area contributed by atoms with Gasteiger partial charge in [0, 0.05) is 7.05 Å². The molecule has 0 spiro atoms. The van der Waals surface area contributed by atoms with Crippen LogP contribution in [0.5, 0.6) is 0 Å². The molecule has 1 nitrogen and oxygen atoms in total. The molecule has 0 radical (unpaired) electrons. The Morgan fingerprint density at radius 1 is 1.86 bits per heavy atom. The molecule has 0 rings (SSSR count). The zero-order valence-corrected chi connectivity index (χ0v) is 6.62. The molecule has 0 aliphatic carbocycles. The number of aliphatic imine (C=N–C) groups is 1. The van der Waals surface area contributed by atoms with Crippen LogP contribution in [0.15, 0.2) is 4.99 Å². The third-order valence-electron chi connectivity index (χ3n) is 0.542. The van der Waals surface area contributed by atoms with Gasteiger partial charge >= 0.3 is 0 Å². The van der Waals surface area contributed by atoms with E-state index < -0.39 is 0 Å². The normalized spacial score (nSPS) is 16.9. The number of rotatable bonds is 1. The highest BCUT2D eigenvalue weighted by atomic mass is 79.9. The van der Waals surface area contributed by atoms with Crippen LogP contribution in [0, 0.1) is 0 Å². The molecule has 0 aromatic rings. The van der Waals surface area contributed by atoms with Crippen LogP contribution in [0.3, 0.4) is 0 Å². The largest absolute Gasteiger partial charge is 0.280 e. The van der Waals surface area contributed by atoms with Gasteiger partial charge in [-0.25, -0.2) is 0 Å². The smallest absolute Gasteiger partial charge is 0.113 e. The second-order valence-corrected chi connectivity index (χ2v) is 2.92. The first kappa shape index (κ1) is 7.44. The maximum absolute atomic E-state index is 5.50. The molecule has 0 N–H and O–H groups in total. The molecular weight excluding hydrogens is 177 g/mol. The first-order chi connectivity index (χ1) is 3.18. The third-order valence-corrected chi connectivity index (χ3v) is 1.74. The van der Waals surface area contributed by atoms with E-state index in [1.165, 1.54) is 0 Å². The summed E-state index contributed by atoms with van der Waals surface area (Å²) in [5.41, 5.74) is 0. The van der Waals surface area contributed by atoms with E-state index >= 15 is 0 Å². The fourth-order valence-corrected chi connectivity index (χ4v) is 0.383. The molecule has 0 amide bonds. The van der Waals surface area contributed by atoms with Crippen molar-refractivity contribution in [3.8, 4) is 0 Å². The lowest BCUT2D eigenvalue weighted by molar-refractivity contribution is 1.32. The minimum atomic E-state index is 0.194. The van der Waals surface area contributed by atoms with Gasteiger partial charge in [0.05, 0.1) is 4.83 Å². The summed E-state index contributed by atoms with van der Waals surface area (Å²) >= 11 is 8.74. The summed E-state index contributed by atoms with van der Waals surface area (Å²) in [6.07, 6.45) is 0. The van der Waals surface area contributed by atoms with E-state index in [-0.39, 0.29) is 4.83 Å². The Morgan fingerprint density at radius 2 is 2.29 bits per heavy atom. The highest BCUT2D eigenvalue weighted by Crippen LogP contribution is 2.02. The molecule has 0 saturated heterocycles. The number of halogens is 2. The Morgan fingerprint density at radius 3 is 2.29 bits per heavy atom. The lowest BCUT2D eigenvalue weighted by Gasteiger charge is -1.93. The van der Waals surface area contributed by atoms with Gasteiger partial charge in [-0.1, -0.05) is 27.5 Å². The van der Waals surface area contributed by atoms with Crippen LogP contribution in [0.4, 0.5) is 0 Å². The van der Waals surface area contributed by atoms with Gasteiger partial charge in [0.25, 0.3) is 0 Å². The zero-order chi connectivity index (χ0) is 5.86. The molecule has 0 heterocycles. The van der Waals surface area contributed by atoms with Crippen molar-refractivity contribution in [2.45, 2.75) is 11.8 Å². The minimum Gasteiger partial charge on any atom is -0.280 e. The quantitative estimate of drug-likeness (QED) is 0.437. The fraction of sp³-hybridized carbons (Fsp3) is 0.750. The summed E-state index contributed by atoms with van der Waals surface area (Å²) in [6.45, 7) is 1.93. The molecule has 0 fully saturated rings. The van der Waals surface area contributed by atoms with E-state index in [0.717, 1.165) is 0 Å². The Balaban J connectivity index is 3.56. The molecule has 0 aromatic carbocycles. The Labute approximate surface area is 56.9 Å². The number of hydrogen-bond acceptors (Lipinski definition) is 1. The van der Waals surface area contributed by atoms with Crippen LogP contribution in [-0.4, -0.2) is 17.0 Å². The van der Waals surface area contributed by atoms with Crippen molar-refractivity contribution in [3.05, 3.63) is 0 Å².